The summed E-state index contributed by atoms with van der Waals surface area (Å²) in [5, 5.41) is 16.9. The minimum atomic E-state index is -1.12. The summed E-state index contributed by atoms with van der Waals surface area (Å²) in [7, 11) is 1.33. The van der Waals surface area contributed by atoms with Gasteiger partial charge in [0.25, 0.3) is 0 Å². The van der Waals surface area contributed by atoms with Gasteiger partial charge in [-0.25, -0.2) is 0 Å². The van der Waals surface area contributed by atoms with E-state index in [0.29, 0.717) is 36.3 Å². The van der Waals surface area contributed by atoms with Gasteiger partial charge < -0.3 is 34.8 Å². The van der Waals surface area contributed by atoms with Crippen LogP contribution in [0.25, 0.3) is 29.9 Å². The first-order valence-electron chi connectivity index (χ1n) is 22.0. The molecule has 318 valence electrons. The summed E-state index contributed by atoms with van der Waals surface area (Å²) in [5.74, 6) is -0.674. The molecule has 1 fully saturated rings. The van der Waals surface area contributed by atoms with Crippen molar-refractivity contribution in [3.05, 3.63) is 96.5 Å². The number of aliphatic hydroxyl groups excluding tert-OH is 1. The van der Waals surface area contributed by atoms with Crippen LogP contribution < -0.4 is 16.0 Å². The molecule has 0 aromatic carbocycles. The molecule has 2 aliphatic heterocycles. The Morgan fingerprint density at radius 1 is 0.932 bits per heavy atom. The number of ketones is 1. The zero-order chi connectivity index (χ0) is 42.7. The van der Waals surface area contributed by atoms with Gasteiger partial charge in [-0.2, -0.15) is 0 Å². The molecule has 8 bridgehead atoms. The van der Waals surface area contributed by atoms with Crippen LogP contribution in [0.1, 0.15) is 154 Å². The monoisotopic (exact) mass is 805 g/mol. The quantitative estimate of drug-likeness (QED) is 0.0401. The molecular weight excluding hydrogens is 737 g/mol. The molecule has 0 spiro atoms. The van der Waals surface area contributed by atoms with Gasteiger partial charge in [-0.15, -0.1) is 0 Å². The van der Waals surface area contributed by atoms with Crippen molar-refractivity contribution in [2.45, 2.75) is 126 Å². The zero-order valence-corrected chi connectivity index (χ0v) is 37.2. The van der Waals surface area contributed by atoms with Crippen LogP contribution in [-0.2, 0) is 20.7 Å². The molecule has 5 N–H and O–H groups in total. The second-order valence-electron chi connectivity index (χ2n) is 17.8. The minimum absolute atomic E-state index is 0.0444. The van der Waals surface area contributed by atoms with Crippen LogP contribution in [0.4, 0.5) is 0 Å². The molecule has 3 aromatic heterocycles. The highest BCUT2D eigenvalue weighted by molar-refractivity contribution is 6.24. The number of carbonyl (C=O) groups is 2. The number of rotatable bonds is 17. The van der Waals surface area contributed by atoms with Gasteiger partial charge in [0.15, 0.2) is 12.1 Å². The highest BCUT2D eigenvalue weighted by Gasteiger charge is 2.48. The Morgan fingerprint density at radius 3 is 2.34 bits per heavy atom. The molecule has 3 aliphatic rings. The van der Waals surface area contributed by atoms with Crippen molar-refractivity contribution in [1.82, 2.24) is 20.3 Å². The topological polar surface area (TPSA) is 132 Å². The SMILES string of the molecule is C=Cc1c2[nH]c(c1C)/C=C1\N/C(=C3\c4[nH]c(c(C)c4C(=O)[C@@H]3C(=O)OC)/C=c3\[nH]/c(c(C)c3CC)=C\2)[C@@H](CCC(O)OC/C=C(/C)CCC[C@H](C)CCCC(C)C)[C@@H]1C. The van der Waals surface area contributed by atoms with E-state index in [9.17, 15) is 14.7 Å². The largest absolute Gasteiger partial charge is 0.468 e. The summed E-state index contributed by atoms with van der Waals surface area (Å²) >= 11 is 0. The molecule has 5 heterocycles. The lowest BCUT2D eigenvalue weighted by Gasteiger charge is -2.21. The molecule has 1 aliphatic carbocycles. The highest BCUT2D eigenvalue weighted by atomic mass is 16.6. The van der Waals surface area contributed by atoms with Crippen molar-refractivity contribution in [2.24, 2.45) is 29.6 Å². The van der Waals surface area contributed by atoms with Gasteiger partial charge in [0, 0.05) is 67.7 Å². The van der Waals surface area contributed by atoms with Gasteiger partial charge in [-0.05, 0) is 112 Å². The molecular formula is C50H68N4O5. The van der Waals surface area contributed by atoms with Crippen molar-refractivity contribution in [3.63, 3.8) is 0 Å². The number of aromatic amines is 3. The van der Waals surface area contributed by atoms with Crippen molar-refractivity contribution in [1.29, 1.82) is 0 Å². The Balaban J connectivity index is 1.33. The van der Waals surface area contributed by atoms with E-state index < -0.39 is 18.2 Å². The van der Waals surface area contributed by atoms with Crippen LogP contribution in [-0.4, -0.2) is 51.8 Å². The fourth-order valence-corrected chi connectivity index (χ4v) is 9.56. The Labute approximate surface area is 351 Å². The van der Waals surface area contributed by atoms with E-state index in [1.54, 1.807) is 0 Å². The number of allylic oxidation sites excluding steroid dienone is 3. The molecule has 1 unspecified atom stereocenters. The molecule has 9 nitrogen and oxygen atoms in total. The molecule has 1 saturated heterocycles. The number of hydrogen-bond donors (Lipinski definition) is 5. The zero-order valence-electron chi connectivity index (χ0n) is 37.2. The number of fused-ring (bicyclic) bond motifs is 7. The molecule has 0 saturated carbocycles. The average molecular weight is 805 g/mol. The second kappa shape index (κ2) is 18.8. The standard InChI is InChI=1S/C50H68N4O5/c1-12-34-30(7)37-24-39-32(9)36(20-21-43(55)59-23-22-29(6)19-15-18-28(5)17-14-16-27(3)4)47(53-39)45-46(50(57)58-11)49(56)44-33(10)40(54-48(44)45)26-42-35(13-2)31(8)38(52-42)25-41(34)51-37/h12,22,24-28,32,36,43,46,51-55H,1,13-21,23H2,2-11H3/b29-22-,38-25-,39-24-,42-26-,47-45-/t28-,32+,36+,43?,46-/m1/s1. The third-order valence-corrected chi connectivity index (χ3v) is 13.3. The maximum Gasteiger partial charge on any atom is 0.321 e. The summed E-state index contributed by atoms with van der Waals surface area (Å²) in [6, 6.07) is 0. The maximum atomic E-state index is 14.4. The third-order valence-electron chi connectivity index (χ3n) is 13.3. The number of methoxy groups -OCH3 is 1. The fourth-order valence-electron chi connectivity index (χ4n) is 9.56. The Morgan fingerprint density at radius 2 is 1.64 bits per heavy atom. The summed E-state index contributed by atoms with van der Waals surface area (Å²) in [6.45, 7) is 24.1. The molecule has 9 heteroatoms. The third kappa shape index (κ3) is 9.12. The Bertz CT molecular complexity index is 2290. The Hall–Kier alpha value is -4.60. The van der Waals surface area contributed by atoms with Gasteiger partial charge in [-0.3, -0.25) is 9.59 Å². The van der Waals surface area contributed by atoms with Crippen LogP contribution in [0.15, 0.2) is 29.6 Å². The number of Topliss-reactive ketones (excluding diaryl/α,β-unsaturated/α-hetero) is 1. The van der Waals surface area contributed by atoms with E-state index in [1.165, 1.54) is 43.9 Å². The fraction of sp³-hybridized carbons (Fsp3) is 0.520. The van der Waals surface area contributed by atoms with Gasteiger partial charge in [-0.1, -0.05) is 84.6 Å². The maximum absolute atomic E-state index is 14.4. The van der Waals surface area contributed by atoms with E-state index in [1.807, 2.05) is 13.0 Å². The molecule has 0 amide bonds. The van der Waals surface area contributed by atoms with E-state index in [-0.39, 0.29) is 17.6 Å². The van der Waals surface area contributed by atoms with Crippen molar-refractivity contribution in [3.8, 4) is 0 Å². The first-order valence-corrected chi connectivity index (χ1v) is 22.0. The molecule has 0 radical (unpaired) electrons. The number of hydrogen-bond acceptors (Lipinski definition) is 6. The first-order chi connectivity index (χ1) is 28.2. The number of H-pyrrole nitrogens is 3. The van der Waals surface area contributed by atoms with E-state index in [2.05, 4.69) is 107 Å². The summed E-state index contributed by atoms with van der Waals surface area (Å²) < 4.78 is 11.3. The number of aromatic nitrogens is 3. The number of nitrogens with one attached hydrogen (secondary N) is 4. The first kappa shape index (κ1) is 44.0. The van der Waals surface area contributed by atoms with E-state index >= 15 is 0 Å². The molecule has 6 rings (SSSR count). The van der Waals surface area contributed by atoms with Gasteiger partial charge in [0.05, 0.1) is 19.4 Å². The lowest BCUT2D eigenvalue weighted by Crippen LogP contribution is -2.25. The average Bonchev–Trinajstić information content (AvgIpc) is 3.94. The Kier molecular flexibility index (Phi) is 14.0. The van der Waals surface area contributed by atoms with Crippen LogP contribution in [0.2, 0.25) is 0 Å². The van der Waals surface area contributed by atoms with E-state index in [0.717, 1.165) is 92.5 Å². The van der Waals surface area contributed by atoms with Crippen LogP contribution in [0, 0.1) is 50.4 Å². The lowest BCUT2D eigenvalue weighted by molar-refractivity contribution is -0.141. The number of ether oxygens (including phenoxy) is 2. The predicted octanol–water partition coefficient (Wildman–Crippen LogP) is 9.06. The van der Waals surface area contributed by atoms with Crippen LogP contribution in [0.5, 0.6) is 0 Å². The van der Waals surface area contributed by atoms with Crippen molar-refractivity contribution in [2.75, 3.05) is 13.7 Å². The number of aliphatic hydroxyl groups is 1. The number of esters is 1. The highest BCUT2D eigenvalue weighted by Crippen LogP contribution is 2.48. The van der Waals surface area contributed by atoms with Crippen molar-refractivity contribution < 1.29 is 24.2 Å². The summed E-state index contributed by atoms with van der Waals surface area (Å²) in [5.41, 5.74) is 12.7. The molecule has 3 aromatic rings. The summed E-state index contributed by atoms with van der Waals surface area (Å²) in [6.07, 6.45) is 18.5. The predicted molar refractivity (Wildman–Crippen MR) is 240 cm³/mol. The van der Waals surface area contributed by atoms with Crippen LogP contribution in [0.3, 0.4) is 0 Å². The van der Waals surface area contributed by atoms with Gasteiger partial charge in [0.2, 0.25) is 0 Å². The van der Waals surface area contributed by atoms with E-state index in [4.69, 9.17) is 9.47 Å². The number of carbonyl (C=O) groups excluding carboxylic acids is 2. The van der Waals surface area contributed by atoms with Gasteiger partial charge >= 0.3 is 5.97 Å². The molecule has 59 heavy (non-hydrogen) atoms. The lowest BCUT2D eigenvalue weighted by atomic mass is 9.85. The minimum Gasteiger partial charge on any atom is -0.468 e. The van der Waals surface area contributed by atoms with Gasteiger partial charge in [0.1, 0.15) is 5.92 Å². The molecule has 5 atom stereocenters. The van der Waals surface area contributed by atoms with Crippen molar-refractivity contribution >= 4 is 41.6 Å². The summed E-state index contributed by atoms with van der Waals surface area (Å²) in [4.78, 5) is 38.9. The van der Waals surface area contributed by atoms with Crippen LogP contribution >= 0.6 is 0 Å². The second-order valence-corrected chi connectivity index (χ2v) is 17.8. The smallest absolute Gasteiger partial charge is 0.321 e. The normalized spacial score (nSPS) is 23.0.